The van der Waals surface area contributed by atoms with Gasteiger partial charge in [0, 0.05) is 17.2 Å². The summed E-state index contributed by atoms with van der Waals surface area (Å²) in [6.45, 7) is 1.64. The van der Waals surface area contributed by atoms with Gasteiger partial charge in [0.2, 0.25) is 0 Å². The van der Waals surface area contributed by atoms with Crippen LogP contribution in [0.15, 0.2) is 46.5 Å². The van der Waals surface area contributed by atoms with Crippen LogP contribution in [0, 0.1) is 11.6 Å². The van der Waals surface area contributed by atoms with E-state index in [2.05, 4.69) is 4.98 Å². The van der Waals surface area contributed by atoms with E-state index in [1.807, 2.05) is 0 Å². The standard InChI is InChI=1S/C13H11F2NOS/c1-8(17)9-4-5-16-13(6-9)18-12-3-2-10(14)7-11(12)15/h2-8,17H,1H3/t8-/m1/s1. The summed E-state index contributed by atoms with van der Waals surface area (Å²) in [7, 11) is 0. The fourth-order valence-corrected chi connectivity index (χ4v) is 2.24. The molecule has 0 amide bonds. The van der Waals surface area contributed by atoms with Gasteiger partial charge < -0.3 is 5.11 Å². The third kappa shape index (κ3) is 3.05. The Hall–Kier alpha value is -1.46. The molecule has 0 radical (unpaired) electrons. The maximum absolute atomic E-state index is 13.5. The fourth-order valence-electron chi connectivity index (χ4n) is 1.41. The number of hydrogen-bond acceptors (Lipinski definition) is 3. The van der Waals surface area contributed by atoms with Crippen LogP contribution in [0.5, 0.6) is 0 Å². The highest BCUT2D eigenvalue weighted by molar-refractivity contribution is 7.99. The second kappa shape index (κ2) is 5.46. The number of hydrogen-bond donors (Lipinski definition) is 1. The van der Waals surface area contributed by atoms with Crippen molar-refractivity contribution in [1.82, 2.24) is 4.98 Å². The largest absolute Gasteiger partial charge is 0.389 e. The molecule has 0 saturated heterocycles. The van der Waals surface area contributed by atoms with Crippen LogP contribution in [-0.4, -0.2) is 10.1 Å². The molecular weight excluding hydrogens is 256 g/mol. The molecule has 0 fully saturated rings. The van der Waals surface area contributed by atoms with E-state index in [1.54, 1.807) is 25.3 Å². The molecule has 1 aromatic heterocycles. The zero-order valence-corrected chi connectivity index (χ0v) is 10.4. The lowest BCUT2D eigenvalue weighted by Crippen LogP contribution is -1.92. The van der Waals surface area contributed by atoms with Crippen LogP contribution >= 0.6 is 11.8 Å². The molecule has 5 heteroatoms. The summed E-state index contributed by atoms with van der Waals surface area (Å²) in [5.41, 5.74) is 0.704. The molecule has 0 aliphatic heterocycles. The van der Waals surface area contributed by atoms with Crippen LogP contribution in [0.25, 0.3) is 0 Å². The van der Waals surface area contributed by atoms with Crippen LogP contribution in [-0.2, 0) is 0 Å². The Labute approximate surface area is 108 Å². The summed E-state index contributed by atoms with van der Waals surface area (Å²) < 4.78 is 26.2. The molecular formula is C13H11F2NOS. The maximum atomic E-state index is 13.5. The van der Waals surface area contributed by atoms with E-state index in [0.717, 1.165) is 17.8 Å². The van der Waals surface area contributed by atoms with Gasteiger partial charge in [-0.3, -0.25) is 0 Å². The fraction of sp³-hybridized carbons (Fsp3) is 0.154. The van der Waals surface area contributed by atoms with Gasteiger partial charge in [-0.1, -0.05) is 11.8 Å². The highest BCUT2D eigenvalue weighted by Crippen LogP contribution is 2.29. The molecule has 0 unspecified atom stereocenters. The molecule has 1 heterocycles. The first-order valence-electron chi connectivity index (χ1n) is 5.33. The molecule has 0 aliphatic carbocycles. The van der Waals surface area contributed by atoms with Crippen LogP contribution in [0.4, 0.5) is 8.78 Å². The van der Waals surface area contributed by atoms with Gasteiger partial charge in [-0.25, -0.2) is 13.8 Å². The maximum Gasteiger partial charge on any atom is 0.140 e. The monoisotopic (exact) mass is 267 g/mol. The number of rotatable bonds is 3. The van der Waals surface area contributed by atoms with E-state index in [1.165, 1.54) is 12.1 Å². The molecule has 2 rings (SSSR count). The summed E-state index contributed by atoms with van der Waals surface area (Å²) in [5.74, 6) is -1.23. The molecule has 0 spiro atoms. The number of nitrogens with zero attached hydrogens (tertiary/aromatic N) is 1. The lowest BCUT2D eigenvalue weighted by Gasteiger charge is -2.07. The topological polar surface area (TPSA) is 33.1 Å². The first kappa shape index (κ1) is 13.0. The van der Waals surface area contributed by atoms with E-state index >= 15 is 0 Å². The van der Waals surface area contributed by atoms with Crippen molar-refractivity contribution in [3.8, 4) is 0 Å². The molecule has 0 bridgehead atoms. The molecule has 1 N–H and O–H groups in total. The number of aromatic nitrogens is 1. The lowest BCUT2D eigenvalue weighted by atomic mass is 10.2. The molecule has 1 atom stereocenters. The molecule has 0 aliphatic rings. The third-order valence-electron chi connectivity index (χ3n) is 2.35. The van der Waals surface area contributed by atoms with Crippen molar-refractivity contribution in [3.05, 3.63) is 53.7 Å². The summed E-state index contributed by atoms with van der Waals surface area (Å²) >= 11 is 1.09. The first-order valence-corrected chi connectivity index (χ1v) is 6.15. The minimum Gasteiger partial charge on any atom is -0.389 e. The average Bonchev–Trinajstić information content (AvgIpc) is 2.33. The van der Waals surface area contributed by atoms with Gasteiger partial charge in [0.15, 0.2) is 0 Å². The average molecular weight is 267 g/mol. The normalized spacial score (nSPS) is 12.4. The third-order valence-corrected chi connectivity index (χ3v) is 3.33. The number of halogens is 2. The Morgan fingerprint density at radius 2 is 2.00 bits per heavy atom. The number of benzene rings is 1. The van der Waals surface area contributed by atoms with Gasteiger partial charge in [-0.15, -0.1) is 0 Å². The Kier molecular flexibility index (Phi) is 3.93. The van der Waals surface area contributed by atoms with Crippen LogP contribution < -0.4 is 0 Å². The van der Waals surface area contributed by atoms with Crippen molar-refractivity contribution in [2.24, 2.45) is 0 Å². The van der Waals surface area contributed by atoms with E-state index in [0.29, 0.717) is 15.5 Å². The van der Waals surface area contributed by atoms with Crippen molar-refractivity contribution in [2.75, 3.05) is 0 Å². The number of pyridine rings is 1. The van der Waals surface area contributed by atoms with Crippen molar-refractivity contribution in [1.29, 1.82) is 0 Å². The molecule has 0 saturated carbocycles. The second-order valence-electron chi connectivity index (χ2n) is 3.78. The molecule has 2 aromatic rings. The van der Waals surface area contributed by atoms with E-state index in [4.69, 9.17) is 0 Å². The predicted octanol–water partition coefficient (Wildman–Crippen LogP) is 3.56. The highest BCUT2D eigenvalue weighted by atomic mass is 32.2. The van der Waals surface area contributed by atoms with Gasteiger partial charge in [-0.2, -0.15) is 0 Å². The van der Waals surface area contributed by atoms with E-state index in [-0.39, 0.29) is 0 Å². The summed E-state index contributed by atoms with van der Waals surface area (Å²) in [6, 6.07) is 6.77. The van der Waals surface area contributed by atoms with Crippen LogP contribution in [0.1, 0.15) is 18.6 Å². The summed E-state index contributed by atoms with van der Waals surface area (Å²) in [6.07, 6.45) is 0.941. The summed E-state index contributed by atoms with van der Waals surface area (Å²) in [5, 5.41) is 10.00. The second-order valence-corrected chi connectivity index (χ2v) is 4.84. The van der Waals surface area contributed by atoms with Gasteiger partial charge >= 0.3 is 0 Å². The van der Waals surface area contributed by atoms with Gasteiger partial charge in [0.05, 0.1) is 6.10 Å². The van der Waals surface area contributed by atoms with E-state index in [9.17, 15) is 13.9 Å². The zero-order chi connectivity index (χ0) is 13.1. The Bertz CT molecular complexity index is 560. The van der Waals surface area contributed by atoms with Crippen molar-refractivity contribution < 1.29 is 13.9 Å². The highest BCUT2D eigenvalue weighted by Gasteiger charge is 2.08. The van der Waals surface area contributed by atoms with Crippen LogP contribution in [0.2, 0.25) is 0 Å². The predicted molar refractivity (Wildman–Crippen MR) is 65.4 cm³/mol. The Morgan fingerprint density at radius 3 is 2.67 bits per heavy atom. The number of aliphatic hydroxyl groups is 1. The van der Waals surface area contributed by atoms with Crippen molar-refractivity contribution >= 4 is 11.8 Å². The Morgan fingerprint density at radius 1 is 1.22 bits per heavy atom. The van der Waals surface area contributed by atoms with Crippen LogP contribution in [0.3, 0.4) is 0 Å². The molecule has 2 nitrogen and oxygen atoms in total. The number of aliphatic hydroxyl groups excluding tert-OH is 1. The van der Waals surface area contributed by atoms with Gasteiger partial charge in [0.25, 0.3) is 0 Å². The molecule has 18 heavy (non-hydrogen) atoms. The zero-order valence-electron chi connectivity index (χ0n) is 9.60. The SMILES string of the molecule is C[C@@H](O)c1ccnc(Sc2ccc(F)cc2F)c1. The first-order chi connectivity index (χ1) is 8.56. The summed E-state index contributed by atoms with van der Waals surface area (Å²) in [4.78, 5) is 4.37. The van der Waals surface area contributed by atoms with E-state index < -0.39 is 17.7 Å². The lowest BCUT2D eigenvalue weighted by molar-refractivity contribution is 0.199. The molecule has 1 aromatic carbocycles. The van der Waals surface area contributed by atoms with Gasteiger partial charge in [-0.05, 0) is 36.8 Å². The minimum absolute atomic E-state index is 0.298. The van der Waals surface area contributed by atoms with Gasteiger partial charge in [0.1, 0.15) is 16.7 Å². The Balaban J connectivity index is 2.25. The minimum atomic E-state index is -0.621. The van der Waals surface area contributed by atoms with Crippen molar-refractivity contribution in [2.45, 2.75) is 22.9 Å². The van der Waals surface area contributed by atoms with Crippen molar-refractivity contribution in [3.63, 3.8) is 0 Å². The smallest absolute Gasteiger partial charge is 0.140 e. The quantitative estimate of drug-likeness (QED) is 0.923. The molecule has 94 valence electrons.